The number of aromatic nitrogens is 3. The number of nitrogens with one attached hydrogen (secondary N) is 3. The van der Waals surface area contributed by atoms with Gasteiger partial charge in [0, 0.05) is 37.5 Å². The van der Waals surface area contributed by atoms with Gasteiger partial charge in [0.05, 0.1) is 28.4 Å². The highest BCUT2D eigenvalue weighted by Crippen LogP contribution is 2.40. The van der Waals surface area contributed by atoms with E-state index < -0.39 is 0 Å². The molecule has 0 radical (unpaired) electrons. The number of anilines is 2. The number of urea groups is 1. The van der Waals surface area contributed by atoms with Crippen molar-refractivity contribution >= 4 is 60.6 Å². The fraction of sp³-hybridized carbons (Fsp3) is 0.333. The third-order valence-corrected chi connectivity index (χ3v) is 7.58. The number of ether oxygens (including phenoxy) is 1. The lowest BCUT2D eigenvalue weighted by Gasteiger charge is -2.25. The van der Waals surface area contributed by atoms with Gasteiger partial charge in [0.15, 0.2) is 0 Å². The molecule has 32 heavy (non-hydrogen) atoms. The van der Waals surface area contributed by atoms with Gasteiger partial charge in [0.25, 0.3) is 0 Å². The van der Waals surface area contributed by atoms with Crippen LogP contribution in [0.15, 0.2) is 23.3 Å². The minimum absolute atomic E-state index is 0.0729. The first-order chi connectivity index (χ1) is 15.4. The van der Waals surface area contributed by atoms with E-state index >= 15 is 0 Å². The number of thiazole rings is 1. The van der Waals surface area contributed by atoms with Crippen molar-refractivity contribution in [3.63, 3.8) is 0 Å². The van der Waals surface area contributed by atoms with Crippen LogP contribution < -0.4 is 20.2 Å². The molecule has 9 nitrogen and oxygen atoms in total. The highest BCUT2D eigenvalue weighted by atomic mass is 32.1. The fourth-order valence-electron chi connectivity index (χ4n) is 4.00. The predicted octanol–water partition coefficient (Wildman–Crippen LogP) is 3.48. The highest BCUT2D eigenvalue weighted by Gasteiger charge is 2.26. The first-order valence-corrected chi connectivity index (χ1v) is 11.8. The number of rotatable bonds is 4. The Balaban J connectivity index is 1.50. The number of nitrogens with zero attached hydrogens (tertiary/aromatic N) is 3. The topological polar surface area (TPSA) is 112 Å². The van der Waals surface area contributed by atoms with Crippen molar-refractivity contribution in [2.24, 2.45) is 0 Å². The van der Waals surface area contributed by atoms with E-state index in [0.29, 0.717) is 11.6 Å². The number of aromatic amines is 1. The van der Waals surface area contributed by atoms with E-state index in [1.807, 2.05) is 12.1 Å². The van der Waals surface area contributed by atoms with Crippen LogP contribution in [0, 0.1) is 0 Å². The number of carbonyl (C=O) groups excluding carboxylic acids is 1. The van der Waals surface area contributed by atoms with Crippen LogP contribution in [0.1, 0.15) is 16.9 Å². The van der Waals surface area contributed by atoms with E-state index in [9.17, 15) is 9.59 Å². The van der Waals surface area contributed by atoms with Crippen LogP contribution in [0.4, 0.5) is 16.3 Å². The number of thiophene rings is 1. The zero-order chi connectivity index (χ0) is 22.4. The normalized spacial score (nSPS) is 15.5. The quantitative estimate of drug-likeness (QED) is 0.421. The molecule has 0 spiro atoms. The predicted molar refractivity (Wildman–Crippen MR) is 128 cm³/mol. The number of carbonyl (C=O) groups is 1. The van der Waals surface area contributed by atoms with Crippen LogP contribution in [-0.2, 0) is 12.8 Å². The second-order valence-corrected chi connectivity index (χ2v) is 9.98. The van der Waals surface area contributed by atoms with Crippen LogP contribution in [-0.4, -0.2) is 53.1 Å². The molecule has 3 N–H and O–H groups in total. The Bertz CT molecular complexity index is 1390. The Hall–Kier alpha value is -3.18. The first-order valence-electron chi connectivity index (χ1n) is 10.1. The average molecular weight is 471 g/mol. The molecule has 4 aromatic rings. The molecule has 3 heterocycles. The van der Waals surface area contributed by atoms with Gasteiger partial charge in [-0.25, -0.2) is 14.8 Å². The molecule has 11 heteroatoms. The van der Waals surface area contributed by atoms with Gasteiger partial charge in [-0.15, -0.1) is 11.3 Å². The number of aryl methyl sites for hydroxylation is 1. The maximum absolute atomic E-state index is 12.1. The van der Waals surface area contributed by atoms with Gasteiger partial charge in [0.1, 0.15) is 22.7 Å². The molecule has 1 unspecified atom stereocenters. The number of hydrogen-bond acceptors (Lipinski definition) is 8. The maximum atomic E-state index is 12.1. The summed E-state index contributed by atoms with van der Waals surface area (Å²) in [6.45, 7) is 0. The van der Waals surface area contributed by atoms with Gasteiger partial charge in [-0.2, -0.15) is 0 Å². The zero-order valence-corrected chi connectivity index (χ0v) is 19.4. The molecule has 0 fully saturated rings. The van der Waals surface area contributed by atoms with Crippen LogP contribution in [0.2, 0.25) is 0 Å². The summed E-state index contributed by atoms with van der Waals surface area (Å²) in [7, 11) is 5.09. The van der Waals surface area contributed by atoms with Gasteiger partial charge in [-0.1, -0.05) is 11.3 Å². The van der Waals surface area contributed by atoms with Crippen LogP contribution in [0.5, 0.6) is 5.75 Å². The summed E-state index contributed by atoms with van der Waals surface area (Å²) in [5.74, 6) is 1.33. The molecular weight excluding hydrogens is 448 g/mol. The smallest absolute Gasteiger partial charge is 0.317 e. The van der Waals surface area contributed by atoms with Crippen molar-refractivity contribution in [2.75, 3.05) is 26.5 Å². The van der Waals surface area contributed by atoms with E-state index in [-0.39, 0.29) is 16.9 Å². The molecule has 1 aliphatic rings. The van der Waals surface area contributed by atoms with E-state index in [2.05, 4.69) is 25.6 Å². The average Bonchev–Trinajstić information content (AvgIpc) is 3.31. The molecule has 5 rings (SSSR count). The lowest BCUT2D eigenvalue weighted by atomic mass is 9.93. The lowest BCUT2D eigenvalue weighted by molar-refractivity contribution is 0.212. The summed E-state index contributed by atoms with van der Waals surface area (Å²) >= 11 is 2.80. The second-order valence-electron chi connectivity index (χ2n) is 7.88. The highest BCUT2D eigenvalue weighted by molar-refractivity contribution is 7.19. The fourth-order valence-corrected chi connectivity index (χ4v) is 6.03. The monoisotopic (exact) mass is 470 g/mol. The van der Waals surface area contributed by atoms with Gasteiger partial charge in [-0.3, -0.25) is 4.79 Å². The standard InChI is InChI=1S/C21H22N6O3S2/c1-27(2)20(28)24-10-4-5-11-15(6-10)31-19-17(11)18(22-9-23-19)25-12-8-16-13(7-14(12)30-3)26-21(29)32-16/h7-10H,4-6H2,1-3H3,(H,24,28)(H,26,29)(H,22,23,25). The number of methoxy groups -OCH3 is 1. The SMILES string of the molecule is COc1cc2[nH]c(=O)sc2cc1Nc1ncnc2sc3c(c12)CCC(NC(=O)N(C)C)C3. The van der Waals surface area contributed by atoms with E-state index in [1.165, 1.54) is 10.4 Å². The number of benzene rings is 1. The van der Waals surface area contributed by atoms with Gasteiger partial charge in [0.2, 0.25) is 0 Å². The molecule has 0 saturated carbocycles. The van der Waals surface area contributed by atoms with Crippen molar-refractivity contribution < 1.29 is 9.53 Å². The van der Waals surface area contributed by atoms with Crippen LogP contribution in [0.25, 0.3) is 20.4 Å². The Kier molecular flexibility index (Phi) is 5.22. The summed E-state index contributed by atoms with van der Waals surface area (Å²) < 4.78 is 6.39. The molecule has 0 aliphatic heterocycles. The Morgan fingerprint density at radius 3 is 2.91 bits per heavy atom. The Labute approximate surface area is 191 Å². The molecule has 0 bridgehead atoms. The van der Waals surface area contributed by atoms with Crippen LogP contribution >= 0.6 is 22.7 Å². The Morgan fingerprint density at radius 1 is 1.28 bits per heavy atom. The molecule has 2 amide bonds. The van der Waals surface area contributed by atoms with Crippen LogP contribution in [0.3, 0.4) is 0 Å². The van der Waals surface area contributed by atoms with Crippen molar-refractivity contribution in [3.05, 3.63) is 38.6 Å². The van der Waals surface area contributed by atoms with Crippen molar-refractivity contribution in [1.82, 2.24) is 25.2 Å². The molecule has 1 aliphatic carbocycles. The summed E-state index contributed by atoms with van der Waals surface area (Å²) in [6, 6.07) is 3.75. The third kappa shape index (κ3) is 3.67. The lowest BCUT2D eigenvalue weighted by Crippen LogP contribution is -2.43. The minimum Gasteiger partial charge on any atom is -0.494 e. The van der Waals surface area contributed by atoms with Gasteiger partial charge < -0.3 is 25.3 Å². The zero-order valence-electron chi connectivity index (χ0n) is 17.8. The summed E-state index contributed by atoms with van der Waals surface area (Å²) in [5, 5.41) is 7.51. The van der Waals surface area contributed by atoms with Crippen molar-refractivity contribution in [1.29, 1.82) is 0 Å². The molecule has 3 aromatic heterocycles. The largest absolute Gasteiger partial charge is 0.494 e. The third-order valence-electron chi connectivity index (χ3n) is 5.57. The molecule has 1 aromatic carbocycles. The maximum Gasteiger partial charge on any atom is 0.317 e. The molecular formula is C21H22N6O3S2. The summed E-state index contributed by atoms with van der Waals surface area (Å²) in [6.07, 6.45) is 4.03. The van der Waals surface area contributed by atoms with Crippen molar-refractivity contribution in [3.8, 4) is 5.75 Å². The number of hydrogen-bond donors (Lipinski definition) is 3. The van der Waals surface area contributed by atoms with E-state index in [4.69, 9.17) is 4.74 Å². The minimum atomic E-state index is -0.105. The molecule has 166 valence electrons. The number of H-pyrrole nitrogens is 1. The number of fused-ring (bicyclic) bond motifs is 4. The molecule has 1 atom stereocenters. The summed E-state index contributed by atoms with van der Waals surface area (Å²) in [4.78, 5) is 39.2. The van der Waals surface area contributed by atoms with E-state index in [1.54, 1.807) is 43.8 Å². The Morgan fingerprint density at radius 2 is 2.12 bits per heavy atom. The van der Waals surface area contributed by atoms with Gasteiger partial charge >= 0.3 is 10.9 Å². The molecule has 0 saturated heterocycles. The summed E-state index contributed by atoms with van der Waals surface area (Å²) in [5.41, 5.74) is 2.71. The van der Waals surface area contributed by atoms with Gasteiger partial charge in [-0.05, 0) is 24.5 Å². The van der Waals surface area contributed by atoms with Crippen molar-refractivity contribution in [2.45, 2.75) is 25.3 Å². The number of amides is 2. The second kappa shape index (κ2) is 8.06. The van der Waals surface area contributed by atoms with E-state index in [0.717, 1.165) is 56.7 Å². The first kappa shape index (κ1) is 20.7.